The number of rotatable bonds is 7. The summed E-state index contributed by atoms with van der Waals surface area (Å²) in [6.07, 6.45) is 0. The molecule has 2 aromatic carbocycles. The fourth-order valence-electron chi connectivity index (χ4n) is 4.61. The van der Waals surface area contributed by atoms with Crippen LogP contribution in [0.4, 0.5) is 8.78 Å². The van der Waals surface area contributed by atoms with Crippen LogP contribution in [0.5, 0.6) is 5.75 Å². The maximum absolute atomic E-state index is 14.4. The standard InChI is InChI=1S/C26H28F2N2O5/c1-5-35-24(31)12-30-23-14-34-13-22(29(3)15(2)16-6-8-17(33-4)9-7-16)25(23)18-10-20(27)21(28)11-19(18)26(30)32/h6-11,15,22H,5,12-14H2,1-4H3/t15-,22?/m1/s1. The van der Waals surface area contributed by atoms with E-state index in [4.69, 9.17) is 14.2 Å². The third-order valence-corrected chi connectivity index (χ3v) is 6.60. The molecule has 35 heavy (non-hydrogen) atoms. The molecule has 0 fully saturated rings. The van der Waals surface area contributed by atoms with Gasteiger partial charge in [0.2, 0.25) is 0 Å². The Morgan fingerprint density at radius 2 is 1.86 bits per heavy atom. The van der Waals surface area contributed by atoms with Crippen molar-refractivity contribution in [1.29, 1.82) is 0 Å². The van der Waals surface area contributed by atoms with Gasteiger partial charge in [-0.05, 0) is 56.1 Å². The molecule has 3 aromatic rings. The lowest BCUT2D eigenvalue weighted by Crippen LogP contribution is -2.38. The highest BCUT2D eigenvalue weighted by atomic mass is 19.2. The summed E-state index contributed by atoms with van der Waals surface area (Å²) in [5.74, 6) is -2.03. The van der Waals surface area contributed by atoms with Gasteiger partial charge < -0.3 is 14.2 Å². The maximum Gasteiger partial charge on any atom is 0.326 e. The molecule has 1 aromatic heterocycles. The second-order valence-electron chi connectivity index (χ2n) is 8.51. The number of hydrogen-bond donors (Lipinski definition) is 0. The summed E-state index contributed by atoms with van der Waals surface area (Å²) in [7, 11) is 3.51. The highest BCUT2D eigenvalue weighted by Crippen LogP contribution is 2.38. The molecular weight excluding hydrogens is 458 g/mol. The van der Waals surface area contributed by atoms with Crippen LogP contribution in [0.2, 0.25) is 0 Å². The van der Waals surface area contributed by atoms with Crippen LogP contribution >= 0.6 is 0 Å². The molecule has 2 heterocycles. The number of carbonyl (C=O) groups is 1. The number of ether oxygens (including phenoxy) is 3. The molecule has 1 aliphatic heterocycles. The molecule has 186 valence electrons. The fourth-order valence-corrected chi connectivity index (χ4v) is 4.61. The van der Waals surface area contributed by atoms with Gasteiger partial charge in [0.05, 0.1) is 44.1 Å². The fraction of sp³-hybridized carbons (Fsp3) is 0.385. The molecule has 2 atom stereocenters. The topological polar surface area (TPSA) is 70.0 Å². The van der Waals surface area contributed by atoms with Crippen LogP contribution in [0.25, 0.3) is 10.8 Å². The number of esters is 1. The van der Waals surface area contributed by atoms with E-state index in [0.717, 1.165) is 23.4 Å². The Bertz CT molecular complexity index is 1310. The smallest absolute Gasteiger partial charge is 0.326 e. The number of pyridine rings is 1. The molecule has 0 bridgehead atoms. The first kappa shape index (κ1) is 24.8. The van der Waals surface area contributed by atoms with Gasteiger partial charge in [-0.15, -0.1) is 0 Å². The Balaban J connectivity index is 1.87. The van der Waals surface area contributed by atoms with Gasteiger partial charge in [-0.25, -0.2) is 8.78 Å². The Labute approximate surface area is 201 Å². The predicted octanol–water partition coefficient (Wildman–Crippen LogP) is 4.12. The van der Waals surface area contributed by atoms with Crippen LogP contribution in [0.3, 0.4) is 0 Å². The van der Waals surface area contributed by atoms with Gasteiger partial charge in [0.15, 0.2) is 11.6 Å². The largest absolute Gasteiger partial charge is 0.497 e. The average Bonchev–Trinajstić information content (AvgIpc) is 2.86. The summed E-state index contributed by atoms with van der Waals surface area (Å²) in [5.41, 5.74) is 1.51. The van der Waals surface area contributed by atoms with E-state index in [1.165, 1.54) is 4.57 Å². The van der Waals surface area contributed by atoms with Crippen LogP contribution in [-0.4, -0.2) is 42.8 Å². The van der Waals surface area contributed by atoms with E-state index < -0.39 is 29.2 Å². The first-order chi connectivity index (χ1) is 16.8. The number of fused-ring (bicyclic) bond motifs is 3. The molecule has 0 spiro atoms. The van der Waals surface area contributed by atoms with Crippen molar-refractivity contribution < 1.29 is 27.8 Å². The molecular formula is C26H28F2N2O5. The first-order valence-electron chi connectivity index (χ1n) is 11.4. The number of likely N-dealkylation sites (N-methyl/N-ethyl adjacent to an activating group) is 1. The second-order valence-corrected chi connectivity index (χ2v) is 8.51. The van der Waals surface area contributed by atoms with Crippen LogP contribution < -0.4 is 10.3 Å². The van der Waals surface area contributed by atoms with Crippen LogP contribution in [0.1, 0.15) is 42.8 Å². The van der Waals surface area contributed by atoms with Crippen molar-refractivity contribution in [1.82, 2.24) is 9.47 Å². The van der Waals surface area contributed by atoms with Crippen LogP contribution in [0.15, 0.2) is 41.2 Å². The number of hydrogen-bond acceptors (Lipinski definition) is 6. The lowest BCUT2D eigenvalue weighted by molar-refractivity contribution is -0.144. The first-order valence-corrected chi connectivity index (χ1v) is 11.4. The van der Waals surface area contributed by atoms with Gasteiger partial charge in [0, 0.05) is 11.6 Å². The van der Waals surface area contributed by atoms with E-state index in [0.29, 0.717) is 16.6 Å². The number of aromatic nitrogens is 1. The molecule has 1 aliphatic rings. The average molecular weight is 487 g/mol. The highest BCUT2D eigenvalue weighted by molar-refractivity contribution is 5.87. The van der Waals surface area contributed by atoms with E-state index in [1.807, 2.05) is 38.2 Å². The molecule has 0 radical (unpaired) electrons. The predicted molar refractivity (Wildman–Crippen MR) is 126 cm³/mol. The van der Waals surface area contributed by atoms with Crippen molar-refractivity contribution in [2.75, 3.05) is 27.4 Å². The third kappa shape index (κ3) is 4.66. The molecule has 0 amide bonds. The SMILES string of the molecule is CCOC(=O)Cn1c2c(c3cc(F)c(F)cc3c1=O)C(N(C)[C@H](C)c1ccc(OC)cc1)COC2. The van der Waals surface area contributed by atoms with E-state index in [2.05, 4.69) is 4.90 Å². The Hall–Kier alpha value is -3.30. The number of halogens is 2. The Morgan fingerprint density at radius 3 is 2.49 bits per heavy atom. The van der Waals surface area contributed by atoms with E-state index in [9.17, 15) is 18.4 Å². The van der Waals surface area contributed by atoms with Crippen molar-refractivity contribution >= 4 is 16.7 Å². The maximum atomic E-state index is 14.4. The number of nitrogens with zero attached hydrogens (tertiary/aromatic N) is 2. The normalized spacial score (nSPS) is 16.3. The lowest BCUT2D eigenvalue weighted by atomic mass is 9.93. The molecule has 0 saturated heterocycles. The Kier molecular flexibility index (Phi) is 7.18. The summed E-state index contributed by atoms with van der Waals surface area (Å²) < 4.78 is 45.9. The lowest BCUT2D eigenvalue weighted by Gasteiger charge is -2.38. The number of benzene rings is 2. The van der Waals surface area contributed by atoms with E-state index >= 15 is 0 Å². The van der Waals surface area contributed by atoms with Gasteiger partial charge in [-0.3, -0.25) is 19.1 Å². The summed E-state index contributed by atoms with van der Waals surface area (Å²) in [6.45, 7) is 3.83. The van der Waals surface area contributed by atoms with Crippen molar-refractivity contribution in [3.05, 3.63) is 75.2 Å². The molecule has 0 N–H and O–H groups in total. The molecule has 0 aliphatic carbocycles. The van der Waals surface area contributed by atoms with Crippen molar-refractivity contribution in [2.45, 2.75) is 39.1 Å². The number of methoxy groups -OCH3 is 1. The van der Waals surface area contributed by atoms with E-state index in [1.54, 1.807) is 14.0 Å². The molecule has 0 saturated carbocycles. The van der Waals surface area contributed by atoms with Crippen LogP contribution in [-0.2, 0) is 27.4 Å². The zero-order valence-electron chi connectivity index (χ0n) is 20.1. The van der Waals surface area contributed by atoms with Crippen LogP contribution in [0, 0.1) is 11.6 Å². The van der Waals surface area contributed by atoms with Crippen molar-refractivity contribution in [3.8, 4) is 5.75 Å². The van der Waals surface area contributed by atoms with Gasteiger partial charge >= 0.3 is 5.97 Å². The Morgan fingerprint density at radius 1 is 1.20 bits per heavy atom. The van der Waals surface area contributed by atoms with Crippen molar-refractivity contribution in [2.24, 2.45) is 0 Å². The highest BCUT2D eigenvalue weighted by Gasteiger charge is 2.33. The van der Waals surface area contributed by atoms with Gasteiger partial charge in [0.25, 0.3) is 5.56 Å². The third-order valence-electron chi connectivity index (χ3n) is 6.60. The number of carbonyl (C=O) groups excluding carboxylic acids is 1. The van der Waals surface area contributed by atoms with Gasteiger partial charge in [-0.2, -0.15) is 0 Å². The monoisotopic (exact) mass is 486 g/mol. The summed E-state index contributed by atoms with van der Waals surface area (Å²) in [5, 5.41) is 0.315. The second kappa shape index (κ2) is 10.1. The zero-order valence-corrected chi connectivity index (χ0v) is 20.1. The molecule has 1 unspecified atom stereocenters. The zero-order chi connectivity index (χ0) is 25.3. The molecule has 9 heteroatoms. The van der Waals surface area contributed by atoms with Crippen molar-refractivity contribution in [3.63, 3.8) is 0 Å². The minimum atomic E-state index is -1.12. The summed E-state index contributed by atoms with van der Waals surface area (Å²) in [6, 6.07) is 9.13. The quantitative estimate of drug-likeness (QED) is 0.468. The molecule has 7 nitrogen and oxygen atoms in total. The van der Waals surface area contributed by atoms with Gasteiger partial charge in [0.1, 0.15) is 12.3 Å². The summed E-state index contributed by atoms with van der Waals surface area (Å²) >= 11 is 0. The minimum absolute atomic E-state index is 0.00403. The molecule has 4 rings (SSSR count). The minimum Gasteiger partial charge on any atom is -0.497 e. The van der Waals surface area contributed by atoms with Gasteiger partial charge in [-0.1, -0.05) is 12.1 Å². The summed E-state index contributed by atoms with van der Waals surface area (Å²) in [4.78, 5) is 27.6. The van der Waals surface area contributed by atoms with E-state index in [-0.39, 0.29) is 37.8 Å².